The molecule has 0 aromatic carbocycles. The molecule has 2 rings (SSSR count). The van der Waals surface area contributed by atoms with Crippen LogP contribution in [0.4, 0.5) is 5.13 Å². The Morgan fingerprint density at radius 1 is 1.75 bits per heavy atom. The number of ether oxygens (including phenoxy) is 1. The molecule has 2 heterocycles. The largest absolute Gasteiger partial charge is 0.374 e. The van der Waals surface area contributed by atoms with Crippen molar-refractivity contribution < 1.29 is 4.74 Å². The first-order valence-electron chi connectivity index (χ1n) is 5.46. The highest BCUT2D eigenvalue weighted by molar-refractivity contribution is 7.14. The second-order valence-electron chi connectivity index (χ2n) is 3.74. The third-order valence-electron chi connectivity index (χ3n) is 2.63. The van der Waals surface area contributed by atoms with Crippen LogP contribution in [0.25, 0.3) is 0 Å². The Bertz CT molecular complexity index is 334. The summed E-state index contributed by atoms with van der Waals surface area (Å²) >= 11 is 7.27. The lowest BCUT2D eigenvalue weighted by molar-refractivity contribution is -0.0191. The summed E-state index contributed by atoms with van der Waals surface area (Å²) < 4.78 is 5.68. The molecule has 1 saturated heterocycles. The number of halogens is 1. The Hall–Kier alpha value is -0.360. The molecule has 0 bridgehead atoms. The van der Waals surface area contributed by atoms with Gasteiger partial charge in [0, 0.05) is 25.0 Å². The van der Waals surface area contributed by atoms with Crippen molar-refractivity contribution in [3.8, 4) is 0 Å². The van der Waals surface area contributed by atoms with Crippen LogP contribution in [0.1, 0.15) is 6.92 Å². The van der Waals surface area contributed by atoms with Crippen molar-refractivity contribution in [3.63, 3.8) is 0 Å². The quantitative estimate of drug-likeness (QED) is 0.899. The van der Waals surface area contributed by atoms with Gasteiger partial charge in [-0.2, -0.15) is 0 Å². The summed E-state index contributed by atoms with van der Waals surface area (Å²) in [5.41, 5.74) is 0. The Morgan fingerprint density at radius 2 is 2.62 bits per heavy atom. The van der Waals surface area contributed by atoms with Crippen LogP contribution in [0, 0.1) is 0 Å². The summed E-state index contributed by atoms with van der Waals surface area (Å²) in [5, 5.41) is 6.49. The van der Waals surface area contributed by atoms with Gasteiger partial charge >= 0.3 is 0 Å². The van der Waals surface area contributed by atoms with Crippen LogP contribution in [-0.2, 0) is 4.74 Å². The highest BCUT2D eigenvalue weighted by atomic mass is 35.5. The number of nitrogens with zero attached hydrogens (tertiary/aromatic N) is 2. The standard InChI is InChI=1S/C10H16ClN3OS/c1-2-14-3-4-15-8(6-14)5-12-10-13-9(11)7-16-10/h7-8H,2-6H2,1H3,(H,12,13). The fourth-order valence-corrected chi connectivity index (χ4v) is 2.58. The molecule has 0 amide bonds. The third-order valence-corrected chi connectivity index (χ3v) is 3.75. The van der Waals surface area contributed by atoms with Crippen LogP contribution in [0.5, 0.6) is 0 Å². The molecule has 1 aliphatic heterocycles. The van der Waals surface area contributed by atoms with E-state index >= 15 is 0 Å². The first kappa shape index (κ1) is 12.1. The lowest BCUT2D eigenvalue weighted by atomic mass is 10.2. The molecule has 16 heavy (non-hydrogen) atoms. The average molecular weight is 262 g/mol. The van der Waals surface area contributed by atoms with Crippen LogP contribution < -0.4 is 5.32 Å². The summed E-state index contributed by atoms with van der Waals surface area (Å²) in [4.78, 5) is 6.53. The van der Waals surface area contributed by atoms with E-state index in [4.69, 9.17) is 16.3 Å². The van der Waals surface area contributed by atoms with E-state index in [1.54, 1.807) is 0 Å². The summed E-state index contributed by atoms with van der Waals surface area (Å²) in [6.45, 7) is 6.90. The van der Waals surface area contributed by atoms with Crippen molar-refractivity contribution in [2.45, 2.75) is 13.0 Å². The Labute approximate surface area is 105 Å². The average Bonchev–Trinajstić information content (AvgIpc) is 2.73. The van der Waals surface area contributed by atoms with E-state index in [1.165, 1.54) is 11.3 Å². The summed E-state index contributed by atoms with van der Waals surface area (Å²) in [6.07, 6.45) is 0.247. The maximum Gasteiger partial charge on any atom is 0.184 e. The molecular weight excluding hydrogens is 246 g/mol. The molecule has 6 heteroatoms. The zero-order valence-electron chi connectivity index (χ0n) is 9.28. The minimum Gasteiger partial charge on any atom is -0.374 e. The van der Waals surface area contributed by atoms with Crippen molar-refractivity contribution in [1.29, 1.82) is 0 Å². The minimum atomic E-state index is 0.247. The first-order chi connectivity index (χ1) is 7.78. The van der Waals surface area contributed by atoms with E-state index < -0.39 is 0 Å². The Balaban J connectivity index is 1.77. The number of thiazole rings is 1. The Kier molecular flexibility index (Phi) is 4.40. The van der Waals surface area contributed by atoms with E-state index in [0.717, 1.165) is 37.9 Å². The third kappa shape index (κ3) is 3.31. The maximum atomic E-state index is 5.75. The first-order valence-corrected chi connectivity index (χ1v) is 6.72. The molecule has 1 aliphatic rings. The molecule has 90 valence electrons. The zero-order valence-corrected chi connectivity index (χ0v) is 10.9. The van der Waals surface area contributed by atoms with Crippen LogP contribution in [0.3, 0.4) is 0 Å². The van der Waals surface area contributed by atoms with Crippen LogP contribution in [0.2, 0.25) is 5.15 Å². The van der Waals surface area contributed by atoms with Crippen molar-refractivity contribution >= 4 is 28.1 Å². The monoisotopic (exact) mass is 261 g/mol. The van der Waals surface area contributed by atoms with Gasteiger partial charge in [-0.05, 0) is 6.54 Å². The minimum absolute atomic E-state index is 0.247. The maximum absolute atomic E-state index is 5.75. The molecule has 1 aromatic rings. The fraction of sp³-hybridized carbons (Fsp3) is 0.700. The molecular formula is C10H16ClN3OS. The second kappa shape index (κ2) is 5.82. The molecule has 4 nitrogen and oxygen atoms in total. The van der Waals surface area contributed by atoms with Crippen molar-refractivity contribution in [2.24, 2.45) is 0 Å². The number of hydrogen-bond donors (Lipinski definition) is 1. The number of rotatable bonds is 4. The summed E-state index contributed by atoms with van der Waals surface area (Å²) in [5.74, 6) is 0. The van der Waals surface area contributed by atoms with Gasteiger partial charge < -0.3 is 10.1 Å². The highest BCUT2D eigenvalue weighted by Crippen LogP contribution is 2.19. The number of aromatic nitrogens is 1. The normalized spacial score (nSPS) is 22.2. The van der Waals surface area contributed by atoms with Crippen molar-refractivity contribution in [3.05, 3.63) is 10.5 Å². The number of likely N-dealkylation sites (N-methyl/N-ethyl adjacent to an activating group) is 1. The molecule has 0 spiro atoms. The van der Waals surface area contributed by atoms with E-state index in [1.807, 2.05) is 5.38 Å². The van der Waals surface area contributed by atoms with Gasteiger partial charge in [0.05, 0.1) is 12.7 Å². The lowest BCUT2D eigenvalue weighted by Crippen LogP contribution is -2.45. The number of nitrogens with one attached hydrogen (secondary N) is 1. The smallest absolute Gasteiger partial charge is 0.184 e. The van der Waals surface area contributed by atoms with Gasteiger partial charge in [0.2, 0.25) is 0 Å². The predicted octanol–water partition coefficient (Wildman–Crippen LogP) is 1.93. The SMILES string of the molecule is CCN1CCOC(CNc2nc(Cl)cs2)C1. The second-order valence-corrected chi connectivity index (χ2v) is 4.99. The van der Waals surface area contributed by atoms with Gasteiger partial charge in [0.15, 0.2) is 5.13 Å². The molecule has 1 N–H and O–H groups in total. The van der Waals surface area contributed by atoms with Crippen molar-refractivity contribution in [2.75, 3.05) is 38.1 Å². The number of hydrogen-bond acceptors (Lipinski definition) is 5. The number of anilines is 1. The van der Waals surface area contributed by atoms with Gasteiger partial charge in [-0.25, -0.2) is 4.98 Å². The molecule has 0 saturated carbocycles. The molecule has 1 fully saturated rings. The van der Waals surface area contributed by atoms with E-state index in [0.29, 0.717) is 5.15 Å². The van der Waals surface area contributed by atoms with E-state index in [-0.39, 0.29) is 6.10 Å². The zero-order chi connectivity index (χ0) is 11.4. The van der Waals surface area contributed by atoms with Crippen molar-refractivity contribution in [1.82, 2.24) is 9.88 Å². The summed E-state index contributed by atoms with van der Waals surface area (Å²) in [6, 6.07) is 0. The topological polar surface area (TPSA) is 37.4 Å². The predicted molar refractivity (Wildman–Crippen MR) is 67.5 cm³/mol. The highest BCUT2D eigenvalue weighted by Gasteiger charge is 2.19. The molecule has 1 aromatic heterocycles. The Morgan fingerprint density at radius 3 is 3.31 bits per heavy atom. The molecule has 0 radical (unpaired) electrons. The lowest BCUT2D eigenvalue weighted by Gasteiger charge is -2.32. The molecule has 1 unspecified atom stereocenters. The van der Waals surface area contributed by atoms with Crippen LogP contribution in [0.15, 0.2) is 5.38 Å². The van der Waals surface area contributed by atoms with Gasteiger partial charge in [-0.3, -0.25) is 4.90 Å². The van der Waals surface area contributed by atoms with Gasteiger partial charge in [0.1, 0.15) is 5.15 Å². The van der Waals surface area contributed by atoms with Gasteiger partial charge in [-0.1, -0.05) is 18.5 Å². The fourth-order valence-electron chi connectivity index (χ4n) is 1.73. The molecule has 0 aliphatic carbocycles. The van der Waals surface area contributed by atoms with E-state index in [2.05, 4.69) is 22.1 Å². The van der Waals surface area contributed by atoms with Crippen LogP contribution in [-0.4, -0.2) is 48.8 Å². The molecule has 1 atom stereocenters. The number of morpholine rings is 1. The van der Waals surface area contributed by atoms with Gasteiger partial charge in [0.25, 0.3) is 0 Å². The van der Waals surface area contributed by atoms with Gasteiger partial charge in [-0.15, -0.1) is 11.3 Å². The summed E-state index contributed by atoms with van der Waals surface area (Å²) in [7, 11) is 0. The van der Waals surface area contributed by atoms with Crippen LogP contribution >= 0.6 is 22.9 Å². The van der Waals surface area contributed by atoms with E-state index in [9.17, 15) is 0 Å².